The molecule has 4 rings (SSSR count). The summed E-state index contributed by atoms with van der Waals surface area (Å²) >= 11 is 0. The molecular weight excluding hydrogens is 356 g/mol. The van der Waals surface area contributed by atoms with E-state index in [2.05, 4.69) is 4.98 Å². The van der Waals surface area contributed by atoms with Gasteiger partial charge in [-0.15, -0.1) is 0 Å². The molecule has 0 spiro atoms. The fourth-order valence-electron chi connectivity index (χ4n) is 3.62. The summed E-state index contributed by atoms with van der Waals surface area (Å²) in [6, 6.07) is 11.0. The molecule has 2 atom stereocenters. The van der Waals surface area contributed by atoms with Crippen molar-refractivity contribution in [2.45, 2.75) is 12.5 Å². The minimum absolute atomic E-state index is 0.0309. The molecule has 1 aliphatic heterocycles. The maximum atomic E-state index is 12.8. The van der Waals surface area contributed by atoms with Crippen molar-refractivity contribution in [3.63, 3.8) is 0 Å². The Morgan fingerprint density at radius 1 is 1.25 bits per heavy atom. The third-order valence-corrected chi connectivity index (χ3v) is 5.12. The fourth-order valence-corrected chi connectivity index (χ4v) is 3.62. The number of carbonyl (C=O) groups excluding carboxylic acids is 1. The van der Waals surface area contributed by atoms with Crippen LogP contribution < -0.4 is 10.5 Å². The summed E-state index contributed by atoms with van der Waals surface area (Å²) < 4.78 is 7.46. The Hall–Kier alpha value is -2.90. The highest BCUT2D eigenvalue weighted by Gasteiger charge is 2.34. The summed E-state index contributed by atoms with van der Waals surface area (Å²) in [5, 5.41) is 10.5. The first-order chi connectivity index (χ1) is 13.6. The number of aromatic nitrogens is 2. The third kappa shape index (κ3) is 3.85. The average molecular weight is 380 g/mol. The number of ether oxygens (including phenoxy) is 1. The van der Waals surface area contributed by atoms with Crippen LogP contribution in [0.3, 0.4) is 0 Å². The van der Waals surface area contributed by atoms with Gasteiger partial charge in [0.15, 0.2) is 0 Å². The largest absolute Gasteiger partial charge is 0.492 e. The van der Waals surface area contributed by atoms with Crippen molar-refractivity contribution in [2.75, 3.05) is 26.2 Å². The zero-order chi connectivity index (χ0) is 19.5. The molecule has 3 N–H and O–H groups in total. The van der Waals surface area contributed by atoms with Crippen LogP contribution in [0.2, 0.25) is 0 Å². The Morgan fingerprint density at radius 2 is 2.07 bits per heavy atom. The molecule has 28 heavy (non-hydrogen) atoms. The van der Waals surface area contributed by atoms with E-state index in [9.17, 15) is 9.90 Å². The Morgan fingerprint density at radius 3 is 2.86 bits per heavy atom. The maximum Gasteiger partial charge on any atom is 0.253 e. The standard InChI is InChI=1S/C21H24N4O3/c22-7-9-28-19-5-3-15(4-6-19)21(27)25-12-16(20(26)14-25)10-17-13-24-8-1-2-18(24)11-23-17/h1-6,8,11,13,16,20,26H,7,9-10,12,14,22H2/t16-,20+/m0/s1. The van der Waals surface area contributed by atoms with Crippen molar-refractivity contribution in [2.24, 2.45) is 11.7 Å². The predicted molar refractivity (Wildman–Crippen MR) is 105 cm³/mol. The molecule has 0 unspecified atom stereocenters. The molecule has 3 aromatic rings. The number of hydrogen-bond donors (Lipinski definition) is 2. The molecular formula is C21H24N4O3. The summed E-state index contributed by atoms with van der Waals surface area (Å²) in [6.45, 7) is 1.73. The molecule has 2 aromatic heterocycles. The van der Waals surface area contributed by atoms with E-state index in [1.807, 2.05) is 35.1 Å². The van der Waals surface area contributed by atoms with Gasteiger partial charge in [0.1, 0.15) is 12.4 Å². The van der Waals surface area contributed by atoms with Gasteiger partial charge in [-0.2, -0.15) is 0 Å². The summed E-state index contributed by atoms with van der Waals surface area (Å²) in [5.41, 5.74) is 7.95. The molecule has 1 saturated heterocycles. The van der Waals surface area contributed by atoms with Gasteiger partial charge in [0.05, 0.1) is 23.5 Å². The van der Waals surface area contributed by atoms with Crippen LogP contribution in [0.4, 0.5) is 0 Å². The van der Waals surface area contributed by atoms with E-state index < -0.39 is 6.10 Å². The van der Waals surface area contributed by atoms with Crippen molar-refractivity contribution in [3.05, 3.63) is 66.2 Å². The number of nitrogens with zero attached hydrogens (tertiary/aromatic N) is 3. The molecule has 146 valence electrons. The summed E-state index contributed by atoms with van der Waals surface area (Å²) in [7, 11) is 0. The van der Waals surface area contributed by atoms with E-state index in [0.29, 0.717) is 44.0 Å². The van der Waals surface area contributed by atoms with E-state index in [1.54, 1.807) is 29.2 Å². The third-order valence-electron chi connectivity index (χ3n) is 5.12. The molecule has 0 radical (unpaired) electrons. The van der Waals surface area contributed by atoms with Crippen LogP contribution in [-0.4, -0.2) is 57.6 Å². The summed E-state index contributed by atoms with van der Waals surface area (Å²) in [6.07, 6.45) is 5.85. The Balaban J connectivity index is 1.40. The van der Waals surface area contributed by atoms with Crippen molar-refractivity contribution in [1.82, 2.24) is 14.3 Å². The number of benzene rings is 1. The molecule has 3 heterocycles. The second kappa shape index (κ2) is 8.00. The number of amides is 1. The second-order valence-corrected chi connectivity index (χ2v) is 7.12. The number of hydrogen-bond acceptors (Lipinski definition) is 5. The average Bonchev–Trinajstić information content (AvgIpc) is 3.32. The number of aliphatic hydroxyl groups excluding tert-OH is 1. The van der Waals surface area contributed by atoms with Gasteiger partial charge in [-0.3, -0.25) is 9.78 Å². The number of carbonyl (C=O) groups is 1. The van der Waals surface area contributed by atoms with Gasteiger partial charge in [0.25, 0.3) is 5.91 Å². The highest BCUT2D eigenvalue weighted by atomic mass is 16.5. The first-order valence-electron chi connectivity index (χ1n) is 9.46. The quantitative estimate of drug-likeness (QED) is 0.673. The maximum absolute atomic E-state index is 12.8. The zero-order valence-corrected chi connectivity index (χ0v) is 15.6. The lowest BCUT2D eigenvalue weighted by molar-refractivity contribution is 0.0764. The highest BCUT2D eigenvalue weighted by molar-refractivity contribution is 5.94. The minimum Gasteiger partial charge on any atom is -0.492 e. The van der Waals surface area contributed by atoms with Crippen molar-refractivity contribution >= 4 is 11.4 Å². The van der Waals surface area contributed by atoms with E-state index in [0.717, 1.165) is 11.2 Å². The molecule has 1 aromatic carbocycles. The van der Waals surface area contributed by atoms with Gasteiger partial charge in [0.2, 0.25) is 0 Å². The highest BCUT2D eigenvalue weighted by Crippen LogP contribution is 2.23. The van der Waals surface area contributed by atoms with Crippen molar-refractivity contribution in [1.29, 1.82) is 0 Å². The molecule has 1 amide bonds. The number of likely N-dealkylation sites (tertiary alicyclic amines) is 1. The minimum atomic E-state index is -0.557. The van der Waals surface area contributed by atoms with Gasteiger partial charge in [-0.1, -0.05) is 0 Å². The second-order valence-electron chi connectivity index (χ2n) is 7.12. The number of β-amino-alcohol motifs (C(OH)–C–C–N with tert-alkyl or cyclic N) is 1. The van der Waals surface area contributed by atoms with Gasteiger partial charge < -0.3 is 24.9 Å². The normalized spacial score (nSPS) is 19.3. The predicted octanol–water partition coefficient (Wildman–Crippen LogP) is 1.35. The molecule has 1 aliphatic rings. The van der Waals surface area contributed by atoms with Crippen LogP contribution in [0.25, 0.3) is 5.52 Å². The van der Waals surface area contributed by atoms with Gasteiger partial charge >= 0.3 is 0 Å². The molecule has 1 fully saturated rings. The van der Waals surface area contributed by atoms with Crippen LogP contribution in [0, 0.1) is 5.92 Å². The van der Waals surface area contributed by atoms with Gasteiger partial charge in [0, 0.05) is 43.5 Å². The first-order valence-corrected chi connectivity index (χ1v) is 9.46. The van der Waals surface area contributed by atoms with Gasteiger partial charge in [-0.25, -0.2) is 0 Å². The van der Waals surface area contributed by atoms with Crippen LogP contribution >= 0.6 is 0 Å². The lowest BCUT2D eigenvalue weighted by Crippen LogP contribution is -2.29. The Kier molecular flexibility index (Phi) is 5.27. The van der Waals surface area contributed by atoms with E-state index in [4.69, 9.17) is 10.5 Å². The smallest absolute Gasteiger partial charge is 0.253 e. The van der Waals surface area contributed by atoms with E-state index in [1.165, 1.54) is 0 Å². The molecule has 7 heteroatoms. The lowest BCUT2D eigenvalue weighted by atomic mass is 10.0. The first kappa shape index (κ1) is 18.5. The molecule has 7 nitrogen and oxygen atoms in total. The fraction of sp³-hybridized carbons (Fsp3) is 0.333. The van der Waals surface area contributed by atoms with Crippen LogP contribution in [-0.2, 0) is 6.42 Å². The topological polar surface area (TPSA) is 93.1 Å². The van der Waals surface area contributed by atoms with Crippen molar-refractivity contribution < 1.29 is 14.6 Å². The van der Waals surface area contributed by atoms with Gasteiger partial charge in [-0.05, 0) is 42.8 Å². The zero-order valence-electron chi connectivity index (χ0n) is 15.6. The monoisotopic (exact) mass is 380 g/mol. The van der Waals surface area contributed by atoms with E-state index in [-0.39, 0.29) is 11.8 Å². The van der Waals surface area contributed by atoms with E-state index >= 15 is 0 Å². The van der Waals surface area contributed by atoms with Crippen LogP contribution in [0.1, 0.15) is 16.1 Å². The molecule has 0 bridgehead atoms. The van der Waals surface area contributed by atoms with Crippen LogP contribution in [0.15, 0.2) is 55.0 Å². The Bertz CT molecular complexity index is 954. The summed E-state index contributed by atoms with van der Waals surface area (Å²) in [4.78, 5) is 19.0. The van der Waals surface area contributed by atoms with Crippen molar-refractivity contribution in [3.8, 4) is 5.75 Å². The lowest BCUT2D eigenvalue weighted by Gasteiger charge is -2.16. The number of fused-ring (bicyclic) bond motifs is 1. The molecule has 0 aliphatic carbocycles. The van der Waals surface area contributed by atoms with Crippen LogP contribution in [0.5, 0.6) is 5.75 Å². The summed E-state index contributed by atoms with van der Waals surface area (Å²) in [5.74, 6) is 0.574. The SMILES string of the molecule is NCCOc1ccc(C(=O)N2C[C@H](Cc3cn4cccc4cn3)[C@H](O)C2)cc1. The number of nitrogens with two attached hydrogens (primary N) is 1. The number of rotatable bonds is 6. The number of aliphatic hydroxyl groups is 1. The Labute approximate surface area is 163 Å². The molecule has 0 saturated carbocycles.